The van der Waals surface area contributed by atoms with Gasteiger partial charge in [-0.1, -0.05) is 6.07 Å². The van der Waals surface area contributed by atoms with Crippen LogP contribution in [0.3, 0.4) is 0 Å². The fraction of sp³-hybridized carbons (Fsp3) is 0.167. The normalized spacial score (nSPS) is 10.6. The Kier molecular flexibility index (Phi) is 4.65. The average molecular weight is 324 g/mol. The molecule has 2 N–H and O–H groups in total. The van der Waals surface area contributed by atoms with Gasteiger partial charge < -0.3 is 5.32 Å². The number of nitrogens with one attached hydrogen (secondary N) is 2. The summed E-state index contributed by atoms with van der Waals surface area (Å²) in [7, 11) is 0. The van der Waals surface area contributed by atoms with Crippen molar-refractivity contribution in [1.82, 2.24) is 20.5 Å². The monoisotopic (exact) mass is 324 g/mol. The summed E-state index contributed by atoms with van der Waals surface area (Å²) < 4.78 is 13.1. The first kappa shape index (κ1) is 15.9. The number of hydrogen-bond acceptors (Lipinski definition) is 3. The Morgan fingerprint density at radius 1 is 1.21 bits per heavy atom. The average Bonchev–Trinajstić information content (AvgIpc) is 2.95. The second kappa shape index (κ2) is 7.04. The van der Waals surface area contributed by atoms with Crippen molar-refractivity contribution in [1.29, 1.82) is 0 Å². The van der Waals surface area contributed by atoms with Crippen molar-refractivity contribution >= 4 is 5.91 Å². The minimum atomic E-state index is -0.305. The van der Waals surface area contributed by atoms with Gasteiger partial charge in [0.25, 0.3) is 0 Å². The molecular formula is C18H17FN4O. The quantitative estimate of drug-likeness (QED) is 0.758. The van der Waals surface area contributed by atoms with Crippen LogP contribution in [0.5, 0.6) is 0 Å². The van der Waals surface area contributed by atoms with Crippen LogP contribution in [-0.2, 0) is 17.8 Å². The molecule has 2 aromatic heterocycles. The number of nitrogens with zero attached hydrogens (tertiary/aromatic N) is 2. The number of carbonyl (C=O) groups is 1. The predicted octanol–water partition coefficient (Wildman–Crippen LogP) is 2.78. The number of hydrogen-bond donors (Lipinski definition) is 2. The highest BCUT2D eigenvalue weighted by molar-refractivity contribution is 5.81. The molecule has 0 fully saturated rings. The zero-order valence-electron chi connectivity index (χ0n) is 13.2. The second-order valence-corrected chi connectivity index (χ2v) is 5.46. The van der Waals surface area contributed by atoms with Crippen LogP contribution in [0, 0.1) is 12.7 Å². The summed E-state index contributed by atoms with van der Waals surface area (Å²) >= 11 is 0. The molecule has 2 heterocycles. The van der Waals surface area contributed by atoms with Crippen molar-refractivity contribution in [2.45, 2.75) is 19.9 Å². The summed E-state index contributed by atoms with van der Waals surface area (Å²) in [6, 6.07) is 11.6. The van der Waals surface area contributed by atoms with E-state index in [1.807, 2.05) is 25.1 Å². The summed E-state index contributed by atoms with van der Waals surface area (Å²) in [5.41, 5.74) is 3.87. The van der Waals surface area contributed by atoms with Gasteiger partial charge in [0.1, 0.15) is 5.82 Å². The molecule has 0 saturated heterocycles. The van der Waals surface area contributed by atoms with Crippen LogP contribution >= 0.6 is 0 Å². The molecule has 24 heavy (non-hydrogen) atoms. The molecule has 5 nitrogen and oxygen atoms in total. The fourth-order valence-electron chi connectivity index (χ4n) is 2.43. The van der Waals surface area contributed by atoms with Gasteiger partial charge >= 0.3 is 0 Å². The first-order valence-corrected chi connectivity index (χ1v) is 7.60. The maximum absolute atomic E-state index is 13.1. The highest BCUT2D eigenvalue weighted by Gasteiger charge is 2.15. The third kappa shape index (κ3) is 3.65. The summed E-state index contributed by atoms with van der Waals surface area (Å²) in [5.74, 6) is -0.422. The third-order valence-corrected chi connectivity index (χ3v) is 3.72. The molecular weight excluding hydrogens is 307 g/mol. The van der Waals surface area contributed by atoms with E-state index in [1.54, 1.807) is 18.3 Å². The molecule has 3 aromatic rings. The van der Waals surface area contributed by atoms with Gasteiger partial charge in [-0.25, -0.2) is 4.39 Å². The van der Waals surface area contributed by atoms with Gasteiger partial charge in [-0.05, 0) is 43.3 Å². The number of aryl methyl sites for hydroxylation is 1. The number of halogens is 1. The van der Waals surface area contributed by atoms with E-state index in [1.165, 1.54) is 12.1 Å². The number of benzene rings is 1. The first-order chi connectivity index (χ1) is 11.6. The Bertz CT molecular complexity index is 828. The number of aromatic nitrogens is 3. The van der Waals surface area contributed by atoms with Crippen molar-refractivity contribution in [2.24, 2.45) is 0 Å². The van der Waals surface area contributed by atoms with E-state index in [4.69, 9.17) is 0 Å². The van der Waals surface area contributed by atoms with Crippen molar-refractivity contribution in [3.63, 3.8) is 0 Å². The number of amides is 1. The Morgan fingerprint density at radius 2 is 2.00 bits per heavy atom. The number of H-pyrrole nitrogens is 1. The number of aromatic amines is 1. The smallest absolute Gasteiger partial charge is 0.224 e. The number of pyridine rings is 1. The van der Waals surface area contributed by atoms with Gasteiger partial charge in [0.05, 0.1) is 24.4 Å². The Hall–Kier alpha value is -3.02. The van der Waals surface area contributed by atoms with Crippen molar-refractivity contribution in [3.8, 4) is 11.3 Å². The molecule has 1 aromatic carbocycles. The third-order valence-electron chi connectivity index (χ3n) is 3.72. The van der Waals surface area contributed by atoms with Gasteiger partial charge in [0, 0.05) is 23.0 Å². The minimum absolute atomic E-state index is 0.117. The van der Waals surface area contributed by atoms with Crippen LogP contribution in [0.1, 0.15) is 17.0 Å². The van der Waals surface area contributed by atoms with Crippen LogP contribution in [0.2, 0.25) is 0 Å². The molecule has 0 bridgehead atoms. The second-order valence-electron chi connectivity index (χ2n) is 5.46. The van der Waals surface area contributed by atoms with Crippen LogP contribution in [0.4, 0.5) is 4.39 Å². The number of carbonyl (C=O) groups excluding carboxylic acids is 1. The molecule has 0 aliphatic heterocycles. The highest BCUT2D eigenvalue weighted by atomic mass is 19.1. The van der Waals surface area contributed by atoms with Crippen molar-refractivity contribution < 1.29 is 9.18 Å². The van der Waals surface area contributed by atoms with E-state index in [9.17, 15) is 9.18 Å². The highest BCUT2D eigenvalue weighted by Crippen LogP contribution is 2.24. The minimum Gasteiger partial charge on any atom is -0.350 e. The van der Waals surface area contributed by atoms with E-state index in [0.717, 1.165) is 22.5 Å². The molecule has 122 valence electrons. The Balaban J connectivity index is 1.72. The lowest BCUT2D eigenvalue weighted by Gasteiger charge is -2.06. The van der Waals surface area contributed by atoms with Gasteiger partial charge in [-0.15, -0.1) is 0 Å². The summed E-state index contributed by atoms with van der Waals surface area (Å²) in [6.07, 6.45) is 1.89. The van der Waals surface area contributed by atoms with Crippen LogP contribution in [0.25, 0.3) is 11.3 Å². The van der Waals surface area contributed by atoms with Gasteiger partial charge in [-0.3, -0.25) is 14.9 Å². The van der Waals surface area contributed by atoms with Crippen LogP contribution in [-0.4, -0.2) is 21.1 Å². The molecule has 3 rings (SSSR count). The molecule has 0 saturated carbocycles. The van der Waals surface area contributed by atoms with E-state index in [-0.39, 0.29) is 18.1 Å². The topological polar surface area (TPSA) is 70.7 Å². The first-order valence-electron chi connectivity index (χ1n) is 7.60. The van der Waals surface area contributed by atoms with E-state index in [0.29, 0.717) is 12.2 Å². The Labute approximate surface area is 138 Å². The summed E-state index contributed by atoms with van der Waals surface area (Å²) in [4.78, 5) is 16.4. The maximum Gasteiger partial charge on any atom is 0.224 e. The lowest BCUT2D eigenvalue weighted by atomic mass is 10.0. The molecule has 0 aliphatic rings. The lowest BCUT2D eigenvalue weighted by molar-refractivity contribution is -0.120. The Morgan fingerprint density at radius 3 is 2.71 bits per heavy atom. The van der Waals surface area contributed by atoms with Gasteiger partial charge in [-0.2, -0.15) is 5.10 Å². The SMILES string of the molecule is Cc1[nH]nc(-c2ccc(F)cc2)c1CC(=O)NCc1ccccn1. The van der Waals surface area contributed by atoms with Crippen molar-refractivity contribution in [3.05, 3.63) is 71.4 Å². The van der Waals surface area contributed by atoms with Gasteiger partial charge in [0.15, 0.2) is 0 Å². The predicted molar refractivity (Wildman–Crippen MR) is 88.5 cm³/mol. The largest absolute Gasteiger partial charge is 0.350 e. The standard InChI is InChI=1S/C18H17FN4O/c1-12-16(10-17(24)21-11-15-4-2-3-9-20-15)18(23-22-12)13-5-7-14(19)8-6-13/h2-9H,10-11H2,1H3,(H,21,24)(H,22,23). The molecule has 0 spiro atoms. The number of rotatable bonds is 5. The van der Waals surface area contributed by atoms with E-state index in [2.05, 4.69) is 20.5 Å². The molecule has 0 aliphatic carbocycles. The summed E-state index contributed by atoms with van der Waals surface area (Å²) in [5, 5.41) is 9.99. The molecule has 0 atom stereocenters. The molecule has 1 amide bonds. The van der Waals surface area contributed by atoms with Crippen LogP contribution < -0.4 is 5.32 Å². The lowest BCUT2D eigenvalue weighted by Crippen LogP contribution is -2.25. The molecule has 0 radical (unpaired) electrons. The molecule has 0 unspecified atom stereocenters. The summed E-state index contributed by atoms with van der Waals surface area (Å²) in [6.45, 7) is 2.24. The zero-order chi connectivity index (χ0) is 16.9. The van der Waals surface area contributed by atoms with Crippen LogP contribution in [0.15, 0.2) is 48.7 Å². The maximum atomic E-state index is 13.1. The molecule has 6 heteroatoms. The van der Waals surface area contributed by atoms with E-state index < -0.39 is 0 Å². The van der Waals surface area contributed by atoms with E-state index >= 15 is 0 Å². The fourth-order valence-corrected chi connectivity index (χ4v) is 2.43. The zero-order valence-corrected chi connectivity index (χ0v) is 13.2. The van der Waals surface area contributed by atoms with Gasteiger partial charge in [0.2, 0.25) is 5.91 Å². The van der Waals surface area contributed by atoms with Crippen molar-refractivity contribution in [2.75, 3.05) is 0 Å².